The summed E-state index contributed by atoms with van der Waals surface area (Å²) in [4.78, 5) is 14.5. The SMILES string of the molecule is CC(C)Nc1cc(-c2noc(C=O)n2)ccc1C=N.CNC. The number of rotatable bonds is 5. The first-order chi connectivity index (χ1) is 10.5. The van der Waals surface area contributed by atoms with Crippen LogP contribution in [0.3, 0.4) is 0 Å². The molecule has 0 amide bonds. The molecule has 7 heteroatoms. The Morgan fingerprint density at radius 1 is 1.32 bits per heavy atom. The van der Waals surface area contributed by atoms with E-state index in [1.54, 1.807) is 12.1 Å². The van der Waals surface area contributed by atoms with Gasteiger partial charge in [0.15, 0.2) is 0 Å². The van der Waals surface area contributed by atoms with Gasteiger partial charge in [0.05, 0.1) is 0 Å². The van der Waals surface area contributed by atoms with Gasteiger partial charge in [0.1, 0.15) is 0 Å². The monoisotopic (exact) mass is 303 g/mol. The number of anilines is 1. The molecule has 0 atom stereocenters. The Balaban J connectivity index is 0.000000745. The average Bonchev–Trinajstić information content (AvgIpc) is 2.96. The summed E-state index contributed by atoms with van der Waals surface area (Å²) in [7, 11) is 3.75. The van der Waals surface area contributed by atoms with Crippen LogP contribution in [-0.4, -0.2) is 42.8 Å². The van der Waals surface area contributed by atoms with Gasteiger partial charge in [-0.2, -0.15) is 4.98 Å². The van der Waals surface area contributed by atoms with Crippen LogP contribution in [-0.2, 0) is 0 Å². The van der Waals surface area contributed by atoms with Gasteiger partial charge in [0.2, 0.25) is 12.1 Å². The third-order valence-corrected chi connectivity index (χ3v) is 2.45. The second kappa shape index (κ2) is 8.68. The molecule has 0 aliphatic heterocycles. The Hall–Kier alpha value is -2.54. The number of hydrogen-bond acceptors (Lipinski definition) is 7. The van der Waals surface area contributed by atoms with Gasteiger partial charge >= 0.3 is 0 Å². The van der Waals surface area contributed by atoms with Crippen LogP contribution in [0.25, 0.3) is 11.4 Å². The number of nitrogens with one attached hydrogen (secondary N) is 3. The van der Waals surface area contributed by atoms with Gasteiger partial charge in [-0.15, -0.1) is 0 Å². The summed E-state index contributed by atoms with van der Waals surface area (Å²) in [5.41, 5.74) is 2.32. The highest BCUT2D eigenvalue weighted by atomic mass is 16.5. The molecule has 2 rings (SSSR count). The molecule has 1 aromatic heterocycles. The lowest BCUT2D eigenvalue weighted by atomic mass is 10.1. The molecule has 0 spiro atoms. The van der Waals surface area contributed by atoms with Crippen LogP contribution < -0.4 is 10.6 Å². The average molecular weight is 303 g/mol. The number of carbonyl (C=O) groups is 1. The quantitative estimate of drug-likeness (QED) is 0.578. The fourth-order valence-electron chi connectivity index (χ4n) is 1.66. The van der Waals surface area contributed by atoms with Gasteiger partial charge in [-0.05, 0) is 34.0 Å². The summed E-state index contributed by atoms with van der Waals surface area (Å²) in [6.07, 6.45) is 1.79. The topological polar surface area (TPSA) is 104 Å². The Kier molecular flexibility index (Phi) is 6.91. The molecule has 22 heavy (non-hydrogen) atoms. The lowest BCUT2D eigenvalue weighted by Crippen LogP contribution is -2.11. The van der Waals surface area contributed by atoms with E-state index in [0.717, 1.165) is 16.8 Å². The van der Waals surface area contributed by atoms with E-state index >= 15 is 0 Å². The van der Waals surface area contributed by atoms with Crippen LogP contribution in [0.2, 0.25) is 0 Å². The number of aromatic nitrogens is 2. The summed E-state index contributed by atoms with van der Waals surface area (Å²) in [6.45, 7) is 4.03. The highest BCUT2D eigenvalue weighted by Gasteiger charge is 2.10. The number of nitrogens with zero attached hydrogens (tertiary/aromatic N) is 2. The molecule has 0 aliphatic carbocycles. The van der Waals surface area contributed by atoms with Crippen molar-refractivity contribution in [2.45, 2.75) is 19.9 Å². The van der Waals surface area contributed by atoms with Crippen molar-refractivity contribution in [2.24, 2.45) is 0 Å². The Morgan fingerprint density at radius 2 is 2.00 bits per heavy atom. The number of benzene rings is 1. The van der Waals surface area contributed by atoms with E-state index in [1.807, 2.05) is 34.0 Å². The maximum Gasteiger partial charge on any atom is 0.291 e. The summed E-state index contributed by atoms with van der Waals surface area (Å²) < 4.78 is 4.75. The van der Waals surface area contributed by atoms with E-state index in [2.05, 4.69) is 20.8 Å². The highest BCUT2D eigenvalue weighted by Crippen LogP contribution is 2.23. The third kappa shape index (κ3) is 4.78. The largest absolute Gasteiger partial charge is 0.382 e. The summed E-state index contributed by atoms with van der Waals surface area (Å²) in [6, 6.07) is 5.65. The fourth-order valence-corrected chi connectivity index (χ4v) is 1.66. The standard InChI is InChI=1S/C13H14N4O2.C2H7N/c1-8(2)15-11-5-9(3-4-10(11)6-14)13-16-12(7-18)19-17-13;1-3-2/h3-8,14-15H,1-2H3;3H,1-2H3. The van der Waals surface area contributed by atoms with Gasteiger partial charge in [-0.3, -0.25) is 4.79 Å². The van der Waals surface area contributed by atoms with E-state index in [4.69, 9.17) is 9.93 Å². The molecule has 3 N–H and O–H groups in total. The van der Waals surface area contributed by atoms with E-state index in [-0.39, 0.29) is 11.9 Å². The van der Waals surface area contributed by atoms with E-state index in [9.17, 15) is 4.79 Å². The first-order valence-electron chi connectivity index (χ1n) is 6.84. The summed E-state index contributed by atoms with van der Waals surface area (Å²) in [5, 5.41) is 17.1. The van der Waals surface area contributed by atoms with Gasteiger partial charge in [0, 0.05) is 29.1 Å². The van der Waals surface area contributed by atoms with Crippen molar-refractivity contribution in [1.82, 2.24) is 15.5 Å². The number of carbonyl (C=O) groups excluding carboxylic acids is 1. The second-order valence-electron chi connectivity index (χ2n) is 4.82. The second-order valence-corrected chi connectivity index (χ2v) is 4.82. The molecule has 0 saturated carbocycles. The minimum atomic E-state index is -0.0514. The van der Waals surface area contributed by atoms with Crippen LogP contribution in [0.1, 0.15) is 30.1 Å². The van der Waals surface area contributed by atoms with Crippen molar-refractivity contribution in [1.29, 1.82) is 5.41 Å². The number of aldehydes is 1. The van der Waals surface area contributed by atoms with Gasteiger partial charge in [-0.1, -0.05) is 17.3 Å². The van der Waals surface area contributed by atoms with Crippen LogP contribution in [0.15, 0.2) is 22.7 Å². The lowest BCUT2D eigenvalue weighted by molar-refractivity contribution is 0.108. The molecular weight excluding hydrogens is 282 g/mol. The van der Waals surface area contributed by atoms with E-state index in [1.165, 1.54) is 6.21 Å². The molecule has 0 aliphatic rings. The molecule has 1 aromatic carbocycles. The van der Waals surface area contributed by atoms with Crippen molar-refractivity contribution < 1.29 is 9.32 Å². The molecule has 0 fully saturated rings. The van der Waals surface area contributed by atoms with Crippen LogP contribution in [0.4, 0.5) is 5.69 Å². The van der Waals surface area contributed by atoms with Gasteiger partial charge < -0.3 is 20.6 Å². The maximum absolute atomic E-state index is 10.5. The van der Waals surface area contributed by atoms with Crippen molar-refractivity contribution in [2.75, 3.05) is 19.4 Å². The van der Waals surface area contributed by atoms with E-state index < -0.39 is 0 Å². The van der Waals surface area contributed by atoms with Crippen molar-refractivity contribution >= 4 is 18.2 Å². The molecule has 2 aromatic rings. The zero-order chi connectivity index (χ0) is 16.5. The molecule has 1 heterocycles. The Bertz CT molecular complexity index is 622. The molecule has 0 radical (unpaired) electrons. The third-order valence-electron chi connectivity index (χ3n) is 2.45. The molecule has 0 saturated heterocycles. The predicted molar refractivity (Wildman–Crippen MR) is 86.7 cm³/mol. The fraction of sp³-hybridized carbons (Fsp3) is 0.333. The minimum absolute atomic E-state index is 0.0514. The smallest absolute Gasteiger partial charge is 0.291 e. The molecule has 118 valence electrons. The minimum Gasteiger partial charge on any atom is -0.382 e. The summed E-state index contributed by atoms with van der Waals surface area (Å²) >= 11 is 0. The van der Waals surface area contributed by atoms with Crippen LogP contribution >= 0.6 is 0 Å². The highest BCUT2D eigenvalue weighted by molar-refractivity contribution is 5.87. The van der Waals surface area contributed by atoms with E-state index in [0.29, 0.717) is 12.1 Å². The molecule has 7 nitrogen and oxygen atoms in total. The maximum atomic E-state index is 10.5. The molecular formula is C15H21N5O2. The van der Waals surface area contributed by atoms with Crippen molar-refractivity contribution in [3.8, 4) is 11.4 Å². The molecule has 0 unspecified atom stereocenters. The first-order valence-corrected chi connectivity index (χ1v) is 6.84. The summed E-state index contributed by atoms with van der Waals surface area (Å²) in [5.74, 6) is 0.301. The van der Waals surface area contributed by atoms with Crippen LogP contribution in [0.5, 0.6) is 0 Å². The van der Waals surface area contributed by atoms with Crippen molar-refractivity contribution in [3.63, 3.8) is 0 Å². The Labute approximate surface area is 129 Å². The Morgan fingerprint density at radius 3 is 2.50 bits per heavy atom. The number of hydrogen-bond donors (Lipinski definition) is 3. The normalized spacial score (nSPS) is 9.86. The first kappa shape index (κ1) is 17.5. The van der Waals surface area contributed by atoms with Gasteiger partial charge in [0.25, 0.3) is 5.89 Å². The zero-order valence-corrected chi connectivity index (χ0v) is 13.2. The van der Waals surface area contributed by atoms with Crippen molar-refractivity contribution in [3.05, 3.63) is 29.7 Å². The van der Waals surface area contributed by atoms with Crippen LogP contribution in [0, 0.1) is 5.41 Å². The van der Waals surface area contributed by atoms with Gasteiger partial charge in [-0.25, -0.2) is 0 Å². The molecule has 0 bridgehead atoms. The predicted octanol–water partition coefficient (Wildman–Crippen LogP) is 2.20. The zero-order valence-electron chi connectivity index (χ0n) is 13.2. The lowest BCUT2D eigenvalue weighted by Gasteiger charge is -2.13.